The van der Waals surface area contributed by atoms with Gasteiger partial charge in [0.25, 0.3) is 0 Å². The Kier molecular flexibility index (Phi) is 4.15. The van der Waals surface area contributed by atoms with Gasteiger partial charge in [-0.1, -0.05) is 0 Å². The fraction of sp³-hybridized carbons (Fsp3) is 0.400. The number of anilines is 3. The Bertz CT molecular complexity index is 579. The monoisotopic (exact) mass is 304 g/mol. The molecule has 2 aromatic rings. The lowest BCUT2D eigenvalue weighted by molar-refractivity contribution is 0.342. The molecule has 0 bridgehead atoms. The van der Waals surface area contributed by atoms with E-state index < -0.39 is 0 Å². The predicted molar refractivity (Wildman–Crippen MR) is 88.6 cm³/mol. The number of nitrogens with two attached hydrogens (primary N) is 1. The van der Waals surface area contributed by atoms with Gasteiger partial charge < -0.3 is 20.3 Å². The summed E-state index contributed by atoms with van der Waals surface area (Å²) in [6.45, 7) is 6.54. The summed E-state index contributed by atoms with van der Waals surface area (Å²) < 4.78 is 5.58. The summed E-state index contributed by atoms with van der Waals surface area (Å²) in [6.07, 6.45) is 1.86. The van der Waals surface area contributed by atoms with Gasteiger partial charge in [-0.25, -0.2) is 4.98 Å². The van der Waals surface area contributed by atoms with Gasteiger partial charge in [0.1, 0.15) is 5.75 Å². The van der Waals surface area contributed by atoms with Gasteiger partial charge in [0.05, 0.1) is 12.3 Å². The molecule has 0 radical (unpaired) electrons. The molecular weight excluding hydrogens is 284 g/mol. The lowest BCUT2D eigenvalue weighted by atomic mass is 10.2. The molecule has 0 spiro atoms. The van der Waals surface area contributed by atoms with Crippen molar-refractivity contribution in [1.82, 2.24) is 4.98 Å². The fourth-order valence-electron chi connectivity index (χ4n) is 2.53. The van der Waals surface area contributed by atoms with Crippen molar-refractivity contribution in [2.45, 2.75) is 6.92 Å². The van der Waals surface area contributed by atoms with Crippen molar-refractivity contribution >= 4 is 27.8 Å². The maximum Gasteiger partial charge on any atom is 0.185 e. The Labute approximate surface area is 129 Å². The van der Waals surface area contributed by atoms with Crippen molar-refractivity contribution < 1.29 is 4.74 Å². The van der Waals surface area contributed by atoms with E-state index >= 15 is 0 Å². The molecule has 0 atom stereocenters. The number of rotatable bonds is 4. The molecule has 5 nitrogen and oxygen atoms in total. The zero-order valence-electron chi connectivity index (χ0n) is 12.2. The molecule has 1 aromatic heterocycles. The first-order chi connectivity index (χ1) is 10.3. The molecular formula is C15H20N4OS. The SMILES string of the molecule is CCOc1cc(N2CCN(c3nccs3)CC2)ccc1N. The van der Waals surface area contributed by atoms with Gasteiger partial charge in [-0.2, -0.15) is 0 Å². The molecule has 1 saturated heterocycles. The Balaban J connectivity index is 1.68. The van der Waals surface area contributed by atoms with Crippen LogP contribution in [0, 0.1) is 0 Å². The van der Waals surface area contributed by atoms with Gasteiger partial charge in [-0.15, -0.1) is 11.3 Å². The fourth-order valence-corrected chi connectivity index (χ4v) is 3.23. The number of hydrogen-bond donors (Lipinski definition) is 1. The molecule has 1 aliphatic rings. The van der Waals surface area contributed by atoms with E-state index in [1.807, 2.05) is 30.6 Å². The average molecular weight is 304 g/mol. The van der Waals surface area contributed by atoms with Crippen LogP contribution in [0.1, 0.15) is 6.92 Å². The second kappa shape index (κ2) is 6.22. The molecule has 2 N–H and O–H groups in total. The zero-order chi connectivity index (χ0) is 14.7. The van der Waals surface area contributed by atoms with E-state index in [9.17, 15) is 0 Å². The lowest BCUT2D eigenvalue weighted by Crippen LogP contribution is -2.46. The summed E-state index contributed by atoms with van der Waals surface area (Å²) >= 11 is 1.70. The minimum Gasteiger partial charge on any atom is -0.492 e. The van der Waals surface area contributed by atoms with Crippen molar-refractivity contribution in [2.75, 3.05) is 48.3 Å². The van der Waals surface area contributed by atoms with E-state index in [2.05, 4.69) is 20.9 Å². The Morgan fingerprint density at radius 3 is 2.67 bits per heavy atom. The molecule has 0 saturated carbocycles. The number of thiazole rings is 1. The molecule has 1 aliphatic heterocycles. The molecule has 0 unspecified atom stereocenters. The third-order valence-corrected chi connectivity index (χ3v) is 4.46. The van der Waals surface area contributed by atoms with Gasteiger partial charge in [-0.3, -0.25) is 0 Å². The van der Waals surface area contributed by atoms with Crippen LogP contribution in [0.15, 0.2) is 29.8 Å². The summed E-state index contributed by atoms with van der Waals surface area (Å²) in [7, 11) is 0. The smallest absolute Gasteiger partial charge is 0.185 e. The van der Waals surface area contributed by atoms with Crippen LogP contribution >= 0.6 is 11.3 Å². The first kappa shape index (κ1) is 14.0. The van der Waals surface area contributed by atoms with Crippen LogP contribution in [0.5, 0.6) is 5.75 Å². The quantitative estimate of drug-likeness (QED) is 0.879. The van der Waals surface area contributed by atoms with Gasteiger partial charge in [0.15, 0.2) is 5.13 Å². The Morgan fingerprint density at radius 1 is 1.24 bits per heavy atom. The van der Waals surface area contributed by atoms with E-state index in [0.29, 0.717) is 12.3 Å². The number of piperazine rings is 1. The zero-order valence-corrected chi connectivity index (χ0v) is 13.0. The molecule has 2 heterocycles. The van der Waals surface area contributed by atoms with E-state index in [1.165, 1.54) is 5.69 Å². The van der Waals surface area contributed by atoms with E-state index in [0.717, 1.165) is 37.1 Å². The topological polar surface area (TPSA) is 54.6 Å². The summed E-state index contributed by atoms with van der Waals surface area (Å²) in [5, 5.41) is 3.14. The first-order valence-corrected chi connectivity index (χ1v) is 8.07. The number of ether oxygens (including phenoxy) is 1. The van der Waals surface area contributed by atoms with Crippen LogP contribution in [0.3, 0.4) is 0 Å². The maximum atomic E-state index is 5.93. The predicted octanol–water partition coefficient (Wildman–Crippen LogP) is 2.45. The van der Waals surface area contributed by atoms with Crippen LogP contribution in [-0.4, -0.2) is 37.8 Å². The van der Waals surface area contributed by atoms with E-state index in [1.54, 1.807) is 11.3 Å². The standard InChI is InChI=1S/C15H20N4OS/c1-2-20-14-11-12(3-4-13(14)16)18-6-8-19(9-7-18)15-17-5-10-21-15/h3-5,10-11H,2,6-9,16H2,1H3. The number of benzene rings is 1. The molecule has 0 aliphatic carbocycles. The normalized spacial score (nSPS) is 15.3. The third-order valence-electron chi connectivity index (χ3n) is 3.63. The van der Waals surface area contributed by atoms with Crippen molar-refractivity contribution in [3.8, 4) is 5.75 Å². The molecule has 21 heavy (non-hydrogen) atoms. The molecule has 6 heteroatoms. The van der Waals surface area contributed by atoms with Crippen LogP contribution in [-0.2, 0) is 0 Å². The van der Waals surface area contributed by atoms with Gasteiger partial charge >= 0.3 is 0 Å². The van der Waals surface area contributed by atoms with Crippen molar-refractivity contribution in [3.05, 3.63) is 29.8 Å². The van der Waals surface area contributed by atoms with Gasteiger partial charge in [0.2, 0.25) is 0 Å². The largest absolute Gasteiger partial charge is 0.492 e. The van der Waals surface area contributed by atoms with E-state index in [-0.39, 0.29) is 0 Å². The number of hydrogen-bond acceptors (Lipinski definition) is 6. The van der Waals surface area contributed by atoms with Crippen LogP contribution in [0.4, 0.5) is 16.5 Å². The lowest BCUT2D eigenvalue weighted by Gasteiger charge is -2.36. The van der Waals surface area contributed by atoms with Crippen molar-refractivity contribution in [3.63, 3.8) is 0 Å². The third kappa shape index (κ3) is 3.05. The second-order valence-corrected chi connectivity index (χ2v) is 5.82. The van der Waals surface area contributed by atoms with Crippen LogP contribution < -0.4 is 20.3 Å². The number of nitrogen functional groups attached to an aromatic ring is 1. The van der Waals surface area contributed by atoms with Gasteiger partial charge in [0, 0.05) is 49.5 Å². The molecule has 3 rings (SSSR count). The summed E-state index contributed by atoms with van der Waals surface area (Å²) in [4.78, 5) is 9.08. The maximum absolute atomic E-state index is 5.93. The number of aromatic nitrogens is 1. The Hall–Kier alpha value is -1.95. The first-order valence-electron chi connectivity index (χ1n) is 7.19. The molecule has 112 valence electrons. The van der Waals surface area contributed by atoms with Crippen molar-refractivity contribution in [1.29, 1.82) is 0 Å². The molecule has 1 fully saturated rings. The van der Waals surface area contributed by atoms with Crippen LogP contribution in [0.2, 0.25) is 0 Å². The highest BCUT2D eigenvalue weighted by Crippen LogP contribution is 2.29. The summed E-state index contributed by atoms with van der Waals surface area (Å²) in [5.74, 6) is 0.775. The second-order valence-electron chi connectivity index (χ2n) is 4.94. The summed E-state index contributed by atoms with van der Waals surface area (Å²) in [6, 6.07) is 6.03. The Morgan fingerprint density at radius 2 is 2.00 bits per heavy atom. The highest BCUT2D eigenvalue weighted by Gasteiger charge is 2.19. The van der Waals surface area contributed by atoms with Crippen LogP contribution in [0.25, 0.3) is 0 Å². The highest BCUT2D eigenvalue weighted by molar-refractivity contribution is 7.13. The minimum absolute atomic E-state index is 0.630. The summed E-state index contributed by atoms with van der Waals surface area (Å²) in [5.41, 5.74) is 7.80. The highest BCUT2D eigenvalue weighted by atomic mass is 32.1. The van der Waals surface area contributed by atoms with Gasteiger partial charge in [-0.05, 0) is 19.1 Å². The minimum atomic E-state index is 0.630. The molecule has 0 amide bonds. The number of nitrogens with zero attached hydrogens (tertiary/aromatic N) is 3. The van der Waals surface area contributed by atoms with Crippen molar-refractivity contribution in [2.24, 2.45) is 0 Å². The van der Waals surface area contributed by atoms with E-state index in [4.69, 9.17) is 10.5 Å². The average Bonchev–Trinajstić information content (AvgIpc) is 3.04. The molecule has 1 aromatic carbocycles.